The Bertz CT molecular complexity index is 302. The summed E-state index contributed by atoms with van der Waals surface area (Å²) in [5.41, 5.74) is 1.20. The normalized spacial score (nSPS) is 13.1. The van der Waals surface area contributed by atoms with Gasteiger partial charge >= 0.3 is 0 Å². The molecule has 0 saturated heterocycles. The fourth-order valence-corrected chi connectivity index (χ4v) is 2.66. The number of hydrogen-bond acceptors (Lipinski definition) is 2. The highest BCUT2D eigenvalue weighted by molar-refractivity contribution is 9.10. The second kappa shape index (κ2) is 6.61. The van der Waals surface area contributed by atoms with E-state index in [1.54, 1.807) is 6.20 Å². The predicted octanol–water partition coefficient (Wildman–Crippen LogP) is 3.35. The third-order valence-corrected chi connectivity index (χ3v) is 3.43. The lowest BCUT2D eigenvalue weighted by atomic mass is 10.1. The van der Waals surface area contributed by atoms with E-state index in [9.17, 15) is 0 Å². The molecule has 2 nitrogen and oxygen atoms in total. The zero-order valence-electron chi connectivity index (χ0n) is 9.00. The summed E-state index contributed by atoms with van der Waals surface area (Å²) in [5, 5.41) is 4.48. The van der Waals surface area contributed by atoms with Gasteiger partial charge in [-0.05, 0) is 33.5 Å². The predicted molar refractivity (Wildman–Crippen MR) is 71.2 cm³/mol. The van der Waals surface area contributed by atoms with Crippen molar-refractivity contribution in [2.45, 2.75) is 26.4 Å². The second-order valence-corrected chi connectivity index (χ2v) is 5.46. The Morgan fingerprint density at radius 2 is 2.13 bits per heavy atom. The van der Waals surface area contributed by atoms with Crippen LogP contribution in [0.5, 0.6) is 0 Å². The molecular weight excluding hydrogens is 320 g/mol. The average Bonchev–Trinajstić information content (AvgIpc) is 2.18. The van der Waals surface area contributed by atoms with Crippen molar-refractivity contribution in [2.75, 3.05) is 5.33 Å². The molecule has 1 aromatic heterocycles. The van der Waals surface area contributed by atoms with Gasteiger partial charge in [-0.25, -0.2) is 0 Å². The van der Waals surface area contributed by atoms with E-state index in [2.05, 4.69) is 62.1 Å². The number of rotatable bonds is 5. The standard InChI is InChI=1S/C11H16Br2N2/c1-8(2)11(4-12)15-6-9-3-10(13)7-14-5-9/h3,5,7-8,11,15H,4,6H2,1-2H3. The molecule has 1 atom stereocenters. The molecule has 0 saturated carbocycles. The van der Waals surface area contributed by atoms with Crippen molar-refractivity contribution in [3.63, 3.8) is 0 Å². The molecule has 4 heteroatoms. The maximum atomic E-state index is 4.13. The second-order valence-electron chi connectivity index (χ2n) is 3.90. The molecule has 1 unspecified atom stereocenters. The minimum atomic E-state index is 0.504. The molecule has 0 radical (unpaired) electrons. The van der Waals surface area contributed by atoms with Gasteiger partial charge in [0.25, 0.3) is 0 Å². The highest BCUT2D eigenvalue weighted by Gasteiger charge is 2.10. The van der Waals surface area contributed by atoms with Crippen molar-refractivity contribution in [1.82, 2.24) is 10.3 Å². The summed E-state index contributed by atoms with van der Waals surface area (Å²) in [5.74, 6) is 0.629. The molecule has 0 aromatic carbocycles. The number of alkyl halides is 1. The number of nitrogens with one attached hydrogen (secondary N) is 1. The topological polar surface area (TPSA) is 24.9 Å². The van der Waals surface area contributed by atoms with Crippen LogP contribution in [-0.2, 0) is 6.54 Å². The molecule has 15 heavy (non-hydrogen) atoms. The number of hydrogen-bond donors (Lipinski definition) is 1. The van der Waals surface area contributed by atoms with Gasteiger partial charge in [0.15, 0.2) is 0 Å². The van der Waals surface area contributed by atoms with Crippen LogP contribution in [0.4, 0.5) is 0 Å². The molecule has 84 valence electrons. The van der Waals surface area contributed by atoms with Gasteiger partial charge in [0.1, 0.15) is 0 Å². The van der Waals surface area contributed by atoms with Crippen LogP contribution in [0.3, 0.4) is 0 Å². The van der Waals surface area contributed by atoms with E-state index in [-0.39, 0.29) is 0 Å². The lowest BCUT2D eigenvalue weighted by Crippen LogP contribution is -2.34. The smallest absolute Gasteiger partial charge is 0.0410 e. The van der Waals surface area contributed by atoms with Crippen molar-refractivity contribution in [3.05, 3.63) is 28.5 Å². The van der Waals surface area contributed by atoms with Crippen LogP contribution < -0.4 is 5.32 Å². The van der Waals surface area contributed by atoms with Gasteiger partial charge in [0, 0.05) is 34.8 Å². The Hall–Kier alpha value is 0.0700. The lowest BCUT2D eigenvalue weighted by molar-refractivity contribution is 0.434. The first-order valence-electron chi connectivity index (χ1n) is 5.02. The van der Waals surface area contributed by atoms with E-state index >= 15 is 0 Å². The third kappa shape index (κ3) is 4.62. The fourth-order valence-electron chi connectivity index (χ4n) is 1.27. The van der Waals surface area contributed by atoms with Gasteiger partial charge in [-0.3, -0.25) is 4.98 Å². The van der Waals surface area contributed by atoms with Crippen LogP contribution in [-0.4, -0.2) is 16.4 Å². The van der Waals surface area contributed by atoms with Crippen LogP contribution >= 0.6 is 31.9 Å². The molecule has 0 aliphatic carbocycles. The van der Waals surface area contributed by atoms with Gasteiger partial charge in [0.2, 0.25) is 0 Å². The minimum absolute atomic E-state index is 0.504. The number of aromatic nitrogens is 1. The quantitative estimate of drug-likeness (QED) is 0.835. The molecule has 1 aromatic rings. The van der Waals surface area contributed by atoms with Crippen LogP contribution in [0.1, 0.15) is 19.4 Å². The van der Waals surface area contributed by atoms with E-state index in [0.29, 0.717) is 12.0 Å². The summed E-state index contributed by atoms with van der Waals surface area (Å²) < 4.78 is 1.03. The highest BCUT2D eigenvalue weighted by Crippen LogP contribution is 2.11. The summed E-state index contributed by atoms with van der Waals surface area (Å²) in [6.45, 7) is 5.30. The SMILES string of the molecule is CC(C)C(CBr)NCc1cncc(Br)c1. The van der Waals surface area contributed by atoms with Crippen LogP contribution in [0, 0.1) is 5.92 Å². The first kappa shape index (κ1) is 13.1. The van der Waals surface area contributed by atoms with Gasteiger partial charge in [-0.1, -0.05) is 29.8 Å². The van der Waals surface area contributed by atoms with Crippen LogP contribution in [0.25, 0.3) is 0 Å². The largest absolute Gasteiger partial charge is 0.309 e. The van der Waals surface area contributed by atoms with Crippen LogP contribution in [0.2, 0.25) is 0 Å². The summed E-state index contributed by atoms with van der Waals surface area (Å²) in [6.07, 6.45) is 3.69. The highest BCUT2D eigenvalue weighted by atomic mass is 79.9. The van der Waals surface area contributed by atoms with E-state index in [0.717, 1.165) is 16.3 Å². The molecular formula is C11H16Br2N2. The zero-order valence-corrected chi connectivity index (χ0v) is 12.2. The Balaban J connectivity index is 2.49. The molecule has 0 fully saturated rings. The summed E-state index contributed by atoms with van der Waals surface area (Å²) in [6, 6.07) is 2.59. The molecule has 1 rings (SSSR count). The Labute approximate surface area is 108 Å². The Kier molecular flexibility index (Phi) is 5.79. The van der Waals surface area contributed by atoms with Crippen molar-refractivity contribution < 1.29 is 0 Å². The van der Waals surface area contributed by atoms with E-state index in [1.807, 2.05) is 6.20 Å². The molecule has 1 heterocycles. The van der Waals surface area contributed by atoms with E-state index < -0.39 is 0 Å². The van der Waals surface area contributed by atoms with E-state index in [1.165, 1.54) is 5.56 Å². The summed E-state index contributed by atoms with van der Waals surface area (Å²) in [4.78, 5) is 4.13. The van der Waals surface area contributed by atoms with Crippen LogP contribution in [0.15, 0.2) is 22.9 Å². The summed E-state index contributed by atoms with van der Waals surface area (Å²) in [7, 11) is 0. The fraction of sp³-hybridized carbons (Fsp3) is 0.545. The van der Waals surface area contributed by atoms with Crippen molar-refractivity contribution in [2.24, 2.45) is 5.92 Å². The number of pyridine rings is 1. The zero-order chi connectivity index (χ0) is 11.3. The average molecular weight is 336 g/mol. The third-order valence-electron chi connectivity index (χ3n) is 2.30. The molecule has 0 bridgehead atoms. The van der Waals surface area contributed by atoms with Gasteiger partial charge in [-0.2, -0.15) is 0 Å². The number of nitrogens with zero attached hydrogens (tertiary/aromatic N) is 1. The van der Waals surface area contributed by atoms with Gasteiger partial charge in [0.05, 0.1) is 0 Å². The molecule has 0 aliphatic rings. The minimum Gasteiger partial charge on any atom is -0.309 e. The maximum Gasteiger partial charge on any atom is 0.0410 e. The lowest BCUT2D eigenvalue weighted by Gasteiger charge is -2.19. The van der Waals surface area contributed by atoms with Crippen molar-refractivity contribution >= 4 is 31.9 Å². The Morgan fingerprint density at radius 3 is 2.67 bits per heavy atom. The van der Waals surface area contributed by atoms with Gasteiger partial charge in [-0.15, -0.1) is 0 Å². The first-order chi connectivity index (χ1) is 7.13. The first-order valence-corrected chi connectivity index (χ1v) is 6.93. The molecule has 0 amide bonds. The summed E-state index contributed by atoms with van der Waals surface area (Å²) >= 11 is 6.93. The monoisotopic (exact) mass is 334 g/mol. The van der Waals surface area contributed by atoms with Crippen molar-refractivity contribution in [1.29, 1.82) is 0 Å². The number of halogens is 2. The van der Waals surface area contributed by atoms with Gasteiger partial charge < -0.3 is 5.32 Å². The Morgan fingerprint density at radius 1 is 1.40 bits per heavy atom. The van der Waals surface area contributed by atoms with Crippen molar-refractivity contribution in [3.8, 4) is 0 Å². The molecule has 0 aliphatic heterocycles. The molecule has 1 N–H and O–H groups in total. The molecule has 0 spiro atoms. The maximum absolute atomic E-state index is 4.13. The van der Waals surface area contributed by atoms with E-state index in [4.69, 9.17) is 0 Å².